The quantitative estimate of drug-likeness (QED) is 0.522. The molecule has 1 aromatic carbocycles. The van der Waals surface area contributed by atoms with E-state index in [-0.39, 0.29) is 5.78 Å². The van der Waals surface area contributed by atoms with Gasteiger partial charge in [0.1, 0.15) is 0 Å². The molecule has 0 aliphatic heterocycles. The van der Waals surface area contributed by atoms with Gasteiger partial charge in [-0.1, -0.05) is 18.2 Å². The third-order valence-corrected chi connectivity index (χ3v) is 2.40. The van der Waals surface area contributed by atoms with Crippen LogP contribution in [0.2, 0.25) is 0 Å². The van der Waals surface area contributed by atoms with Gasteiger partial charge in [0.05, 0.1) is 0 Å². The highest BCUT2D eigenvalue weighted by Crippen LogP contribution is 2.12. The van der Waals surface area contributed by atoms with E-state index in [0.29, 0.717) is 6.42 Å². The fourth-order valence-electron chi connectivity index (χ4n) is 1.29. The first-order valence-electron chi connectivity index (χ1n) is 4.86. The van der Waals surface area contributed by atoms with E-state index in [0.717, 1.165) is 12.0 Å². The summed E-state index contributed by atoms with van der Waals surface area (Å²) in [6.07, 6.45) is 3.09. The summed E-state index contributed by atoms with van der Waals surface area (Å²) >= 11 is 0. The average molecular weight is 188 g/mol. The van der Waals surface area contributed by atoms with Crippen molar-refractivity contribution in [2.24, 2.45) is 0 Å². The van der Waals surface area contributed by atoms with Crippen molar-refractivity contribution in [3.05, 3.63) is 47.5 Å². The van der Waals surface area contributed by atoms with Crippen LogP contribution in [0.3, 0.4) is 0 Å². The maximum absolute atomic E-state index is 11.6. The number of aryl methyl sites for hydroxylation is 2. The van der Waals surface area contributed by atoms with Crippen LogP contribution in [0.25, 0.3) is 0 Å². The van der Waals surface area contributed by atoms with E-state index in [1.54, 1.807) is 6.08 Å². The van der Waals surface area contributed by atoms with Crippen LogP contribution in [-0.2, 0) is 0 Å². The first-order chi connectivity index (χ1) is 6.65. The number of carbonyl (C=O) groups is 1. The molecule has 1 heteroatoms. The second-order valence-corrected chi connectivity index (χ2v) is 3.55. The standard InChI is InChI=1S/C13H16O/c1-4-5-6-13(14)12-8-7-10(2)11(3)9-12/h4,7-9H,1,5-6H2,2-3H3. The molecule has 1 aromatic rings. The number of hydrogen-bond donors (Lipinski definition) is 0. The molecule has 1 nitrogen and oxygen atoms in total. The highest BCUT2D eigenvalue weighted by molar-refractivity contribution is 5.96. The Morgan fingerprint density at radius 2 is 2.07 bits per heavy atom. The monoisotopic (exact) mass is 188 g/mol. The van der Waals surface area contributed by atoms with Crippen molar-refractivity contribution < 1.29 is 4.79 Å². The van der Waals surface area contributed by atoms with Gasteiger partial charge in [-0.05, 0) is 37.5 Å². The largest absolute Gasteiger partial charge is 0.294 e. The van der Waals surface area contributed by atoms with Crippen molar-refractivity contribution in [3.8, 4) is 0 Å². The second-order valence-electron chi connectivity index (χ2n) is 3.55. The maximum atomic E-state index is 11.6. The molecule has 0 spiro atoms. The van der Waals surface area contributed by atoms with Gasteiger partial charge in [0.25, 0.3) is 0 Å². The fourth-order valence-corrected chi connectivity index (χ4v) is 1.29. The molecule has 0 bridgehead atoms. The third kappa shape index (κ3) is 2.56. The summed E-state index contributed by atoms with van der Waals surface area (Å²) in [6, 6.07) is 5.85. The number of ketones is 1. The predicted octanol–water partition coefficient (Wildman–Crippen LogP) is 3.45. The first kappa shape index (κ1) is 10.7. The van der Waals surface area contributed by atoms with Gasteiger partial charge in [-0.15, -0.1) is 6.58 Å². The number of rotatable bonds is 4. The van der Waals surface area contributed by atoms with Gasteiger partial charge < -0.3 is 0 Å². The van der Waals surface area contributed by atoms with Crippen LogP contribution < -0.4 is 0 Å². The van der Waals surface area contributed by atoms with Crippen LogP contribution >= 0.6 is 0 Å². The highest BCUT2D eigenvalue weighted by atomic mass is 16.1. The van der Waals surface area contributed by atoms with Gasteiger partial charge >= 0.3 is 0 Å². The van der Waals surface area contributed by atoms with Gasteiger partial charge in [0.15, 0.2) is 5.78 Å². The van der Waals surface area contributed by atoms with Crippen LogP contribution in [0, 0.1) is 13.8 Å². The molecule has 14 heavy (non-hydrogen) atoms. The van der Waals surface area contributed by atoms with Gasteiger partial charge in [0.2, 0.25) is 0 Å². The van der Waals surface area contributed by atoms with E-state index in [1.807, 2.05) is 32.0 Å². The molecule has 0 unspecified atom stereocenters. The minimum Gasteiger partial charge on any atom is -0.294 e. The van der Waals surface area contributed by atoms with E-state index in [1.165, 1.54) is 11.1 Å². The number of Topliss-reactive ketones (excluding diaryl/α,β-unsaturated/α-hetero) is 1. The third-order valence-electron chi connectivity index (χ3n) is 2.40. The van der Waals surface area contributed by atoms with Crippen molar-refractivity contribution in [1.82, 2.24) is 0 Å². The lowest BCUT2D eigenvalue weighted by Crippen LogP contribution is -1.99. The van der Waals surface area contributed by atoms with Gasteiger partial charge in [-0.3, -0.25) is 4.79 Å². The molecule has 0 heterocycles. The first-order valence-corrected chi connectivity index (χ1v) is 4.86. The summed E-state index contributed by atoms with van der Waals surface area (Å²) in [5.74, 6) is 0.202. The zero-order valence-corrected chi connectivity index (χ0v) is 8.84. The maximum Gasteiger partial charge on any atom is 0.163 e. The van der Waals surface area contributed by atoms with Crippen molar-refractivity contribution >= 4 is 5.78 Å². The van der Waals surface area contributed by atoms with Gasteiger partial charge in [-0.25, -0.2) is 0 Å². The van der Waals surface area contributed by atoms with E-state index in [9.17, 15) is 4.79 Å². The molecule has 0 amide bonds. The van der Waals surface area contributed by atoms with Gasteiger partial charge in [0, 0.05) is 12.0 Å². The number of benzene rings is 1. The topological polar surface area (TPSA) is 17.1 Å². The van der Waals surface area contributed by atoms with Crippen LogP contribution in [-0.4, -0.2) is 5.78 Å². The molecule has 0 aliphatic carbocycles. The molecule has 0 saturated heterocycles. The Morgan fingerprint density at radius 1 is 1.36 bits per heavy atom. The molecule has 0 radical (unpaired) electrons. The smallest absolute Gasteiger partial charge is 0.163 e. The minimum atomic E-state index is 0.202. The zero-order valence-electron chi connectivity index (χ0n) is 8.84. The lowest BCUT2D eigenvalue weighted by Gasteiger charge is -2.03. The molecule has 0 aromatic heterocycles. The molecule has 1 rings (SSSR count). The summed E-state index contributed by atoms with van der Waals surface area (Å²) in [5, 5.41) is 0. The van der Waals surface area contributed by atoms with Crippen molar-refractivity contribution in [1.29, 1.82) is 0 Å². The average Bonchev–Trinajstić information content (AvgIpc) is 2.18. The van der Waals surface area contributed by atoms with Crippen molar-refractivity contribution in [2.75, 3.05) is 0 Å². The Balaban J connectivity index is 2.80. The lowest BCUT2D eigenvalue weighted by atomic mass is 10.0. The second kappa shape index (κ2) is 4.75. The van der Waals surface area contributed by atoms with Crippen LogP contribution in [0.15, 0.2) is 30.9 Å². The van der Waals surface area contributed by atoms with E-state index < -0.39 is 0 Å². The molecule has 0 N–H and O–H groups in total. The zero-order chi connectivity index (χ0) is 10.6. The summed E-state index contributed by atoms with van der Waals surface area (Å²) in [6.45, 7) is 7.68. The molecule has 0 atom stereocenters. The van der Waals surface area contributed by atoms with Crippen LogP contribution in [0.1, 0.15) is 34.3 Å². The molecule has 0 aliphatic rings. The predicted molar refractivity (Wildman–Crippen MR) is 59.7 cm³/mol. The molecule has 74 valence electrons. The number of allylic oxidation sites excluding steroid dienone is 1. The van der Waals surface area contributed by atoms with E-state index >= 15 is 0 Å². The van der Waals surface area contributed by atoms with Gasteiger partial charge in [-0.2, -0.15) is 0 Å². The molecule has 0 saturated carbocycles. The Kier molecular flexibility index (Phi) is 3.63. The summed E-state index contributed by atoms with van der Waals surface area (Å²) < 4.78 is 0. The number of carbonyl (C=O) groups excluding carboxylic acids is 1. The lowest BCUT2D eigenvalue weighted by molar-refractivity contribution is 0.0983. The Bertz CT molecular complexity index is 350. The normalized spacial score (nSPS) is 9.86. The van der Waals surface area contributed by atoms with E-state index in [2.05, 4.69) is 6.58 Å². The Hall–Kier alpha value is -1.37. The summed E-state index contributed by atoms with van der Waals surface area (Å²) in [4.78, 5) is 11.6. The summed E-state index contributed by atoms with van der Waals surface area (Å²) in [7, 11) is 0. The Morgan fingerprint density at radius 3 is 2.64 bits per heavy atom. The van der Waals surface area contributed by atoms with Crippen molar-refractivity contribution in [2.45, 2.75) is 26.7 Å². The van der Waals surface area contributed by atoms with E-state index in [4.69, 9.17) is 0 Å². The minimum absolute atomic E-state index is 0.202. The molecular formula is C13H16O. The SMILES string of the molecule is C=CCCC(=O)c1ccc(C)c(C)c1. The number of hydrogen-bond acceptors (Lipinski definition) is 1. The van der Waals surface area contributed by atoms with Crippen LogP contribution in [0.4, 0.5) is 0 Å². The highest BCUT2D eigenvalue weighted by Gasteiger charge is 2.05. The summed E-state index contributed by atoms with van der Waals surface area (Å²) in [5.41, 5.74) is 3.22. The molecular weight excluding hydrogens is 172 g/mol. The Labute approximate surface area is 85.5 Å². The molecule has 0 fully saturated rings. The van der Waals surface area contributed by atoms with Crippen molar-refractivity contribution in [3.63, 3.8) is 0 Å². The fraction of sp³-hybridized carbons (Fsp3) is 0.308. The van der Waals surface area contributed by atoms with Crippen LogP contribution in [0.5, 0.6) is 0 Å².